The van der Waals surface area contributed by atoms with Gasteiger partial charge in [-0.25, -0.2) is 14.5 Å². The van der Waals surface area contributed by atoms with Crippen LogP contribution in [0.2, 0.25) is 0 Å². The van der Waals surface area contributed by atoms with Crippen molar-refractivity contribution in [1.82, 2.24) is 14.8 Å². The van der Waals surface area contributed by atoms with Gasteiger partial charge in [-0.2, -0.15) is 5.10 Å². The van der Waals surface area contributed by atoms with E-state index in [1.54, 1.807) is 16.8 Å². The number of carbonyl (C=O) groups is 1. The summed E-state index contributed by atoms with van der Waals surface area (Å²) in [5.41, 5.74) is 3.34. The first-order chi connectivity index (χ1) is 12.5. The van der Waals surface area contributed by atoms with Crippen LogP contribution in [0.25, 0.3) is 5.82 Å². The number of carbonyl (C=O) groups excluding carboxylic acids is 1. The monoisotopic (exact) mass is 351 g/mol. The number of rotatable bonds is 6. The van der Waals surface area contributed by atoms with Gasteiger partial charge >= 0.3 is 5.97 Å². The van der Waals surface area contributed by atoms with E-state index in [9.17, 15) is 4.79 Å². The Morgan fingerprint density at radius 3 is 2.54 bits per heavy atom. The van der Waals surface area contributed by atoms with E-state index in [0.717, 1.165) is 22.7 Å². The van der Waals surface area contributed by atoms with Crippen molar-refractivity contribution in [2.24, 2.45) is 0 Å². The van der Waals surface area contributed by atoms with Crippen LogP contribution in [0.4, 0.5) is 0 Å². The van der Waals surface area contributed by atoms with Crippen molar-refractivity contribution < 1.29 is 14.3 Å². The van der Waals surface area contributed by atoms with Gasteiger partial charge < -0.3 is 9.47 Å². The summed E-state index contributed by atoms with van der Waals surface area (Å²) in [6.07, 6.45) is 1.50. The third-order valence-electron chi connectivity index (χ3n) is 3.88. The van der Waals surface area contributed by atoms with E-state index in [0.29, 0.717) is 18.0 Å². The molecule has 2 aromatic heterocycles. The zero-order chi connectivity index (χ0) is 18.5. The molecule has 3 aromatic rings. The molecular weight excluding hydrogens is 330 g/mol. The Balaban J connectivity index is 1.53. The fourth-order valence-corrected chi connectivity index (χ4v) is 2.58. The summed E-state index contributed by atoms with van der Waals surface area (Å²) < 4.78 is 12.6. The summed E-state index contributed by atoms with van der Waals surface area (Å²) in [7, 11) is 0. The quantitative estimate of drug-likeness (QED) is 0.503. The predicted molar refractivity (Wildman–Crippen MR) is 97.8 cm³/mol. The van der Waals surface area contributed by atoms with Crippen LogP contribution in [-0.4, -0.2) is 33.9 Å². The van der Waals surface area contributed by atoms with Gasteiger partial charge in [-0.15, -0.1) is 0 Å². The second kappa shape index (κ2) is 7.82. The lowest BCUT2D eigenvalue weighted by Gasteiger charge is -2.09. The molecule has 2 heterocycles. The molecule has 0 unspecified atom stereocenters. The topological polar surface area (TPSA) is 66.2 Å². The molecule has 0 spiro atoms. The number of esters is 1. The Morgan fingerprint density at radius 1 is 1.08 bits per heavy atom. The summed E-state index contributed by atoms with van der Waals surface area (Å²) in [6.45, 7) is 6.32. The van der Waals surface area contributed by atoms with E-state index in [4.69, 9.17) is 9.47 Å². The predicted octanol–water partition coefficient (Wildman–Crippen LogP) is 3.43. The minimum atomic E-state index is -0.425. The molecule has 6 heteroatoms. The van der Waals surface area contributed by atoms with Crippen molar-refractivity contribution in [2.75, 3.05) is 13.2 Å². The van der Waals surface area contributed by atoms with Gasteiger partial charge in [-0.3, -0.25) is 0 Å². The molecule has 134 valence electrons. The zero-order valence-electron chi connectivity index (χ0n) is 15.1. The van der Waals surface area contributed by atoms with Crippen LogP contribution in [-0.2, 0) is 4.74 Å². The SMILES string of the molecule is Cc1cc(C)n(-c2ccc(C(=O)OCCOc3ccccc3C)cn2)n1. The molecule has 0 radical (unpaired) electrons. The Bertz CT molecular complexity index is 901. The lowest BCUT2D eigenvalue weighted by atomic mass is 10.2. The van der Waals surface area contributed by atoms with E-state index >= 15 is 0 Å². The summed E-state index contributed by atoms with van der Waals surface area (Å²) in [4.78, 5) is 16.4. The Morgan fingerprint density at radius 2 is 1.88 bits per heavy atom. The lowest BCUT2D eigenvalue weighted by molar-refractivity contribution is 0.0449. The molecular formula is C20H21N3O3. The molecule has 0 N–H and O–H groups in total. The first-order valence-electron chi connectivity index (χ1n) is 8.40. The smallest absolute Gasteiger partial charge is 0.339 e. The van der Waals surface area contributed by atoms with Crippen molar-refractivity contribution in [1.29, 1.82) is 0 Å². The highest BCUT2D eigenvalue weighted by Crippen LogP contribution is 2.16. The average molecular weight is 351 g/mol. The molecule has 0 bridgehead atoms. The second-order valence-electron chi connectivity index (χ2n) is 5.99. The summed E-state index contributed by atoms with van der Waals surface area (Å²) in [5.74, 6) is 1.03. The maximum Gasteiger partial charge on any atom is 0.339 e. The largest absolute Gasteiger partial charge is 0.490 e. The van der Waals surface area contributed by atoms with Crippen LogP contribution in [0.1, 0.15) is 27.3 Å². The molecule has 3 rings (SSSR count). The van der Waals surface area contributed by atoms with E-state index in [-0.39, 0.29) is 6.61 Å². The standard InChI is InChI=1S/C20H21N3O3/c1-14-6-4-5-7-18(14)25-10-11-26-20(24)17-8-9-19(21-13-17)23-16(3)12-15(2)22-23/h4-9,12-13H,10-11H2,1-3H3. The normalized spacial score (nSPS) is 10.6. The summed E-state index contributed by atoms with van der Waals surface area (Å²) in [6, 6.07) is 13.1. The van der Waals surface area contributed by atoms with Gasteiger partial charge in [0.2, 0.25) is 0 Å². The third-order valence-corrected chi connectivity index (χ3v) is 3.88. The summed E-state index contributed by atoms with van der Waals surface area (Å²) >= 11 is 0. The number of benzene rings is 1. The van der Waals surface area contributed by atoms with Gasteiger partial charge in [-0.05, 0) is 50.6 Å². The fourth-order valence-electron chi connectivity index (χ4n) is 2.58. The number of aryl methyl sites for hydroxylation is 3. The van der Waals surface area contributed by atoms with E-state index < -0.39 is 5.97 Å². The van der Waals surface area contributed by atoms with Crippen molar-refractivity contribution in [2.45, 2.75) is 20.8 Å². The van der Waals surface area contributed by atoms with Crippen LogP contribution >= 0.6 is 0 Å². The number of para-hydroxylation sites is 1. The molecule has 0 saturated heterocycles. The van der Waals surface area contributed by atoms with Gasteiger partial charge in [0, 0.05) is 11.9 Å². The van der Waals surface area contributed by atoms with Gasteiger partial charge in [0.1, 0.15) is 19.0 Å². The van der Waals surface area contributed by atoms with Gasteiger partial charge in [0.05, 0.1) is 11.3 Å². The van der Waals surface area contributed by atoms with Crippen molar-refractivity contribution >= 4 is 5.97 Å². The van der Waals surface area contributed by atoms with Crippen LogP contribution in [0.15, 0.2) is 48.7 Å². The number of ether oxygens (including phenoxy) is 2. The molecule has 0 atom stereocenters. The maximum absolute atomic E-state index is 12.1. The Labute approximate surface area is 152 Å². The highest BCUT2D eigenvalue weighted by molar-refractivity contribution is 5.89. The van der Waals surface area contributed by atoms with Crippen molar-refractivity contribution in [3.05, 3.63) is 71.2 Å². The van der Waals surface area contributed by atoms with Crippen LogP contribution < -0.4 is 4.74 Å². The molecule has 0 aliphatic rings. The van der Waals surface area contributed by atoms with Crippen LogP contribution in [0.5, 0.6) is 5.75 Å². The minimum absolute atomic E-state index is 0.173. The number of hydrogen-bond acceptors (Lipinski definition) is 5. The molecule has 0 aliphatic heterocycles. The third kappa shape index (κ3) is 4.08. The van der Waals surface area contributed by atoms with Gasteiger partial charge in [0.25, 0.3) is 0 Å². The number of aromatic nitrogens is 3. The van der Waals surface area contributed by atoms with E-state index in [1.165, 1.54) is 6.20 Å². The molecule has 0 fully saturated rings. The first kappa shape index (κ1) is 17.7. The number of hydrogen-bond donors (Lipinski definition) is 0. The highest BCUT2D eigenvalue weighted by atomic mass is 16.6. The van der Waals surface area contributed by atoms with E-state index in [2.05, 4.69) is 10.1 Å². The molecule has 1 aromatic carbocycles. The molecule has 0 saturated carbocycles. The Kier molecular flexibility index (Phi) is 5.31. The van der Waals surface area contributed by atoms with E-state index in [1.807, 2.05) is 51.1 Å². The minimum Gasteiger partial charge on any atom is -0.490 e. The van der Waals surface area contributed by atoms with Gasteiger partial charge in [0.15, 0.2) is 5.82 Å². The maximum atomic E-state index is 12.1. The lowest BCUT2D eigenvalue weighted by Crippen LogP contribution is -2.13. The molecule has 0 amide bonds. The first-order valence-corrected chi connectivity index (χ1v) is 8.40. The second-order valence-corrected chi connectivity index (χ2v) is 5.99. The fraction of sp³-hybridized carbons (Fsp3) is 0.250. The Hall–Kier alpha value is -3.15. The van der Waals surface area contributed by atoms with Crippen molar-refractivity contribution in [3.8, 4) is 11.6 Å². The van der Waals surface area contributed by atoms with Crippen LogP contribution in [0, 0.1) is 20.8 Å². The zero-order valence-corrected chi connectivity index (χ0v) is 15.1. The number of nitrogens with zero attached hydrogens (tertiary/aromatic N) is 3. The molecule has 26 heavy (non-hydrogen) atoms. The average Bonchev–Trinajstić information content (AvgIpc) is 2.98. The molecule has 0 aliphatic carbocycles. The summed E-state index contributed by atoms with van der Waals surface area (Å²) in [5, 5.41) is 4.37. The number of pyridine rings is 1. The van der Waals surface area contributed by atoms with Crippen molar-refractivity contribution in [3.63, 3.8) is 0 Å². The van der Waals surface area contributed by atoms with Crippen LogP contribution in [0.3, 0.4) is 0 Å². The highest BCUT2D eigenvalue weighted by Gasteiger charge is 2.10. The molecule has 6 nitrogen and oxygen atoms in total. The van der Waals surface area contributed by atoms with Gasteiger partial charge in [-0.1, -0.05) is 18.2 Å².